The van der Waals surface area contributed by atoms with Crippen molar-refractivity contribution < 1.29 is 15.0 Å². The Morgan fingerprint density at radius 1 is 1.36 bits per heavy atom. The number of phenols is 1. The lowest BCUT2D eigenvalue weighted by atomic mass is 10.1. The predicted octanol–water partition coefficient (Wildman–Crippen LogP) is 1.29. The molecule has 5 heteroatoms. The van der Waals surface area contributed by atoms with Crippen LogP contribution in [-0.4, -0.2) is 16.2 Å². The highest BCUT2D eigenvalue weighted by Crippen LogP contribution is 2.17. The van der Waals surface area contributed by atoms with Crippen LogP contribution >= 0.6 is 12.4 Å². The number of carboxylic acid groups (broad SMARTS) is 1. The van der Waals surface area contributed by atoms with Crippen molar-refractivity contribution in [1.82, 2.24) is 0 Å². The van der Waals surface area contributed by atoms with Gasteiger partial charge < -0.3 is 15.9 Å². The van der Waals surface area contributed by atoms with Crippen LogP contribution in [0.2, 0.25) is 0 Å². The zero-order valence-corrected chi connectivity index (χ0v) is 8.20. The van der Waals surface area contributed by atoms with Crippen LogP contribution in [0.1, 0.15) is 18.0 Å². The number of halogens is 1. The fourth-order valence-electron chi connectivity index (χ4n) is 1.03. The summed E-state index contributed by atoms with van der Waals surface area (Å²) in [7, 11) is 0. The molecular weight excluding hydrogens is 206 g/mol. The van der Waals surface area contributed by atoms with E-state index in [4.69, 9.17) is 15.9 Å². The first kappa shape index (κ1) is 12.7. The van der Waals surface area contributed by atoms with Crippen LogP contribution in [0.15, 0.2) is 24.3 Å². The van der Waals surface area contributed by atoms with Gasteiger partial charge in [-0.05, 0) is 17.7 Å². The lowest BCUT2D eigenvalue weighted by Crippen LogP contribution is -2.14. The minimum Gasteiger partial charge on any atom is -0.508 e. The van der Waals surface area contributed by atoms with Crippen LogP contribution in [0.4, 0.5) is 0 Å². The van der Waals surface area contributed by atoms with Crippen LogP contribution in [0.3, 0.4) is 0 Å². The number of nitrogens with two attached hydrogens (primary N) is 1. The highest BCUT2D eigenvalue weighted by molar-refractivity contribution is 5.85. The van der Waals surface area contributed by atoms with E-state index < -0.39 is 12.0 Å². The Hall–Kier alpha value is -1.26. The quantitative estimate of drug-likeness (QED) is 0.713. The van der Waals surface area contributed by atoms with Crippen molar-refractivity contribution >= 4 is 18.4 Å². The molecule has 0 aromatic heterocycles. The van der Waals surface area contributed by atoms with Crippen LogP contribution in [0.25, 0.3) is 0 Å². The Kier molecular flexibility index (Phi) is 4.97. The fourth-order valence-corrected chi connectivity index (χ4v) is 1.03. The second kappa shape index (κ2) is 5.47. The molecule has 1 aromatic rings. The van der Waals surface area contributed by atoms with Crippen molar-refractivity contribution in [2.75, 3.05) is 0 Å². The summed E-state index contributed by atoms with van der Waals surface area (Å²) in [5.41, 5.74) is 6.29. The van der Waals surface area contributed by atoms with Gasteiger partial charge in [0.1, 0.15) is 5.75 Å². The van der Waals surface area contributed by atoms with Crippen LogP contribution in [-0.2, 0) is 4.79 Å². The molecule has 1 rings (SSSR count). The number of hydrogen-bond donors (Lipinski definition) is 3. The molecule has 0 aliphatic rings. The second-order valence-electron chi connectivity index (χ2n) is 2.80. The van der Waals surface area contributed by atoms with Crippen molar-refractivity contribution in [2.24, 2.45) is 5.73 Å². The maximum atomic E-state index is 10.3. The number of carbonyl (C=O) groups is 1. The van der Waals surface area contributed by atoms with E-state index >= 15 is 0 Å². The van der Waals surface area contributed by atoms with Gasteiger partial charge in [-0.15, -0.1) is 12.4 Å². The lowest BCUT2D eigenvalue weighted by molar-refractivity contribution is -0.137. The molecule has 0 spiro atoms. The van der Waals surface area contributed by atoms with Crippen LogP contribution in [0, 0.1) is 0 Å². The monoisotopic (exact) mass is 217 g/mol. The topological polar surface area (TPSA) is 83.6 Å². The van der Waals surface area contributed by atoms with Crippen molar-refractivity contribution in [2.45, 2.75) is 12.5 Å². The molecule has 4 nitrogen and oxygen atoms in total. The average molecular weight is 218 g/mol. The smallest absolute Gasteiger partial charge is 0.305 e. The minimum atomic E-state index is -0.930. The summed E-state index contributed by atoms with van der Waals surface area (Å²) in [6, 6.07) is 5.68. The van der Waals surface area contributed by atoms with Gasteiger partial charge >= 0.3 is 5.97 Å². The van der Waals surface area contributed by atoms with E-state index in [0.717, 1.165) is 0 Å². The van der Waals surface area contributed by atoms with Crippen LogP contribution in [0.5, 0.6) is 5.75 Å². The molecule has 0 amide bonds. The maximum Gasteiger partial charge on any atom is 0.305 e. The Morgan fingerprint density at radius 2 is 1.86 bits per heavy atom. The van der Waals surface area contributed by atoms with Crippen molar-refractivity contribution in [1.29, 1.82) is 0 Å². The summed E-state index contributed by atoms with van der Waals surface area (Å²) in [5, 5.41) is 17.4. The Morgan fingerprint density at radius 3 is 2.29 bits per heavy atom. The fraction of sp³-hybridized carbons (Fsp3) is 0.222. The average Bonchev–Trinajstić information content (AvgIpc) is 2.04. The SMILES string of the molecule is Cl.NC(CC(=O)O)c1ccc(O)cc1. The van der Waals surface area contributed by atoms with E-state index in [1.54, 1.807) is 12.1 Å². The molecule has 1 aromatic carbocycles. The largest absolute Gasteiger partial charge is 0.508 e. The first-order valence-electron chi connectivity index (χ1n) is 3.86. The summed E-state index contributed by atoms with van der Waals surface area (Å²) in [6.45, 7) is 0. The highest BCUT2D eigenvalue weighted by atomic mass is 35.5. The Bertz CT molecular complexity index is 299. The third-order valence-corrected chi connectivity index (χ3v) is 1.72. The Balaban J connectivity index is 0.00000169. The molecular formula is C9H12ClNO3. The summed E-state index contributed by atoms with van der Waals surface area (Å²) in [6.07, 6.45) is -0.106. The molecule has 0 bridgehead atoms. The van der Waals surface area contributed by atoms with E-state index in [2.05, 4.69) is 0 Å². The van der Waals surface area contributed by atoms with Crippen molar-refractivity contribution in [3.63, 3.8) is 0 Å². The summed E-state index contributed by atoms with van der Waals surface area (Å²) in [5.74, 6) is -0.785. The molecule has 0 radical (unpaired) electrons. The first-order chi connectivity index (χ1) is 6.09. The minimum absolute atomic E-state index is 0. The Labute approximate surface area is 87.8 Å². The third-order valence-electron chi connectivity index (χ3n) is 1.72. The lowest BCUT2D eigenvalue weighted by Gasteiger charge is -2.08. The molecule has 78 valence electrons. The van der Waals surface area contributed by atoms with Gasteiger partial charge in [-0.1, -0.05) is 12.1 Å². The molecule has 4 N–H and O–H groups in total. The summed E-state index contributed by atoms with van der Waals surface area (Å²) in [4.78, 5) is 10.3. The van der Waals surface area contributed by atoms with Crippen molar-refractivity contribution in [3.8, 4) is 5.75 Å². The number of hydrogen-bond acceptors (Lipinski definition) is 3. The maximum absolute atomic E-state index is 10.3. The molecule has 0 aliphatic carbocycles. The standard InChI is InChI=1S/C9H11NO3.ClH/c10-8(5-9(12)13)6-1-3-7(11)4-2-6;/h1-4,8,11H,5,10H2,(H,12,13);1H. The van der Waals surface area contributed by atoms with E-state index in [1.165, 1.54) is 12.1 Å². The third kappa shape index (κ3) is 3.64. The van der Waals surface area contributed by atoms with E-state index in [9.17, 15) is 4.79 Å². The van der Waals surface area contributed by atoms with Gasteiger partial charge in [-0.2, -0.15) is 0 Å². The van der Waals surface area contributed by atoms with Gasteiger partial charge in [-0.25, -0.2) is 0 Å². The molecule has 0 saturated carbocycles. The molecule has 0 aliphatic heterocycles. The van der Waals surface area contributed by atoms with Gasteiger partial charge in [0, 0.05) is 6.04 Å². The zero-order chi connectivity index (χ0) is 9.84. The first-order valence-corrected chi connectivity index (χ1v) is 3.86. The van der Waals surface area contributed by atoms with Crippen LogP contribution < -0.4 is 5.73 Å². The number of benzene rings is 1. The van der Waals surface area contributed by atoms with Crippen molar-refractivity contribution in [3.05, 3.63) is 29.8 Å². The number of rotatable bonds is 3. The van der Waals surface area contributed by atoms with Gasteiger partial charge in [0.25, 0.3) is 0 Å². The number of aliphatic carboxylic acids is 1. The molecule has 1 atom stereocenters. The van der Waals surface area contributed by atoms with Gasteiger partial charge in [-0.3, -0.25) is 4.79 Å². The molecule has 0 heterocycles. The molecule has 1 unspecified atom stereocenters. The number of phenolic OH excluding ortho intramolecular Hbond substituents is 1. The highest BCUT2D eigenvalue weighted by Gasteiger charge is 2.09. The summed E-state index contributed by atoms with van der Waals surface area (Å²) >= 11 is 0. The van der Waals surface area contributed by atoms with E-state index in [-0.39, 0.29) is 24.6 Å². The summed E-state index contributed by atoms with van der Waals surface area (Å²) < 4.78 is 0. The second-order valence-corrected chi connectivity index (χ2v) is 2.80. The van der Waals surface area contributed by atoms with Gasteiger partial charge in [0.2, 0.25) is 0 Å². The number of carboxylic acids is 1. The normalized spacial score (nSPS) is 11.5. The predicted molar refractivity (Wildman–Crippen MR) is 54.5 cm³/mol. The van der Waals surface area contributed by atoms with E-state index in [0.29, 0.717) is 5.56 Å². The molecule has 0 fully saturated rings. The molecule has 0 saturated heterocycles. The zero-order valence-electron chi connectivity index (χ0n) is 7.38. The van der Waals surface area contributed by atoms with Gasteiger partial charge in [0.15, 0.2) is 0 Å². The molecule has 14 heavy (non-hydrogen) atoms. The van der Waals surface area contributed by atoms with Gasteiger partial charge in [0.05, 0.1) is 6.42 Å². The number of aromatic hydroxyl groups is 1. The van der Waals surface area contributed by atoms with E-state index in [1.807, 2.05) is 0 Å².